The second-order valence-electron chi connectivity index (χ2n) is 6.05. The number of halogens is 1. The van der Waals surface area contributed by atoms with Crippen molar-refractivity contribution in [1.29, 1.82) is 0 Å². The number of nitrogens with zero attached hydrogens (tertiary/aromatic N) is 1. The molecule has 12 heteroatoms. The number of carbonyl (C=O) groups excluding carboxylic acids is 4. The Morgan fingerprint density at radius 2 is 1.92 bits per heavy atom. The number of rotatable bonds is 4. The summed E-state index contributed by atoms with van der Waals surface area (Å²) in [5.41, 5.74) is -2.87. The van der Waals surface area contributed by atoms with Crippen LogP contribution in [0.5, 0.6) is 0 Å². The Hall–Kier alpha value is -2.31. The highest BCUT2D eigenvalue weighted by atomic mass is 19.1. The van der Waals surface area contributed by atoms with E-state index in [0.717, 1.165) is 20.8 Å². The molecule has 3 amide bonds. The molecule has 0 aliphatic carbocycles. The molecule has 2 aliphatic heterocycles. The zero-order valence-electron chi connectivity index (χ0n) is 14.2. The molecule has 0 aromatic carbocycles. The van der Waals surface area contributed by atoms with Gasteiger partial charge in [0.15, 0.2) is 18.6 Å². The number of esters is 2. The van der Waals surface area contributed by atoms with Crippen LogP contribution < -0.4 is 5.32 Å². The monoisotopic (exact) mass is 378 g/mol. The van der Waals surface area contributed by atoms with E-state index < -0.39 is 66.9 Å². The fourth-order valence-electron chi connectivity index (χ4n) is 2.65. The lowest BCUT2D eigenvalue weighted by Gasteiger charge is -2.42. The number of aliphatic hydroxyl groups is 2. The van der Waals surface area contributed by atoms with E-state index in [1.54, 1.807) is 5.32 Å². The first-order chi connectivity index (χ1) is 12.0. The summed E-state index contributed by atoms with van der Waals surface area (Å²) >= 11 is 0. The van der Waals surface area contributed by atoms with Crippen molar-refractivity contribution >= 4 is 23.9 Å². The summed E-state index contributed by atoms with van der Waals surface area (Å²) in [6.45, 7) is 2.49. The second kappa shape index (κ2) is 7.13. The third-order valence-corrected chi connectivity index (χ3v) is 3.98. The molecule has 11 nitrogen and oxygen atoms in total. The second-order valence-corrected chi connectivity index (χ2v) is 6.05. The maximum atomic E-state index is 14.4. The summed E-state index contributed by atoms with van der Waals surface area (Å²) < 4.78 is 29.4. The van der Waals surface area contributed by atoms with Crippen molar-refractivity contribution in [3.63, 3.8) is 0 Å². The van der Waals surface area contributed by atoms with E-state index >= 15 is 0 Å². The number of ether oxygens (including phenoxy) is 3. The van der Waals surface area contributed by atoms with E-state index in [1.807, 2.05) is 0 Å². The van der Waals surface area contributed by atoms with Crippen molar-refractivity contribution in [2.75, 3.05) is 6.61 Å². The lowest BCUT2D eigenvalue weighted by molar-refractivity contribution is -0.187. The van der Waals surface area contributed by atoms with Gasteiger partial charge >= 0.3 is 18.0 Å². The zero-order chi connectivity index (χ0) is 19.8. The van der Waals surface area contributed by atoms with Crippen LogP contribution in [0.4, 0.5) is 9.18 Å². The van der Waals surface area contributed by atoms with Crippen LogP contribution in [0.15, 0.2) is 0 Å². The van der Waals surface area contributed by atoms with Crippen LogP contribution in [0, 0.1) is 0 Å². The van der Waals surface area contributed by atoms with Crippen molar-refractivity contribution in [2.45, 2.75) is 57.2 Å². The van der Waals surface area contributed by atoms with Gasteiger partial charge in [-0.1, -0.05) is 0 Å². The smallest absolute Gasteiger partial charge is 0.328 e. The number of hydrogen-bond acceptors (Lipinski definition) is 9. The largest absolute Gasteiger partial charge is 0.463 e. The van der Waals surface area contributed by atoms with Crippen molar-refractivity contribution < 1.29 is 48.0 Å². The molecule has 2 fully saturated rings. The van der Waals surface area contributed by atoms with Gasteiger partial charge in [0.05, 0.1) is 0 Å². The van der Waals surface area contributed by atoms with Crippen molar-refractivity contribution in [2.24, 2.45) is 0 Å². The Kier molecular flexibility index (Phi) is 5.49. The third kappa shape index (κ3) is 3.61. The lowest BCUT2D eigenvalue weighted by atomic mass is 10.0. The Balaban J connectivity index is 2.27. The van der Waals surface area contributed by atoms with Crippen LogP contribution in [0.1, 0.15) is 20.8 Å². The number of alkyl halides is 1. The molecule has 2 saturated heterocycles. The lowest BCUT2D eigenvalue weighted by Crippen LogP contribution is -2.70. The van der Waals surface area contributed by atoms with Crippen LogP contribution in [-0.2, 0) is 28.6 Å². The van der Waals surface area contributed by atoms with E-state index in [9.17, 15) is 33.8 Å². The van der Waals surface area contributed by atoms with Gasteiger partial charge in [-0.2, -0.15) is 0 Å². The number of urea groups is 1. The van der Waals surface area contributed by atoms with Gasteiger partial charge in [-0.25, -0.2) is 9.18 Å². The summed E-state index contributed by atoms with van der Waals surface area (Å²) in [6.07, 6.45) is -8.19. The zero-order valence-corrected chi connectivity index (χ0v) is 14.2. The number of amides is 3. The molecule has 0 saturated carbocycles. The van der Waals surface area contributed by atoms with Gasteiger partial charge in [0.2, 0.25) is 5.67 Å². The number of hydrogen-bond donors (Lipinski definition) is 3. The predicted octanol–water partition coefficient (Wildman–Crippen LogP) is -1.83. The molecule has 146 valence electrons. The maximum Gasteiger partial charge on any atom is 0.328 e. The average molecular weight is 378 g/mol. The molecule has 0 spiro atoms. The number of imide groups is 1. The SMILES string of the molecule is CC(=O)OC[C@H]1O[C@@H](N2C(=O)NC(=O)C(C)(F)C2O)[C@H](O)[C@@H]1OC(C)=O. The van der Waals surface area contributed by atoms with Gasteiger partial charge < -0.3 is 24.4 Å². The molecule has 0 radical (unpaired) electrons. The van der Waals surface area contributed by atoms with E-state index in [-0.39, 0.29) is 0 Å². The van der Waals surface area contributed by atoms with Crippen molar-refractivity contribution in [3.05, 3.63) is 0 Å². The van der Waals surface area contributed by atoms with Crippen molar-refractivity contribution in [1.82, 2.24) is 10.2 Å². The van der Waals surface area contributed by atoms with Gasteiger partial charge in [0.1, 0.15) is 18.8 Å². The normalized spacial score (nSPS) is 37.3. The molecular weight excluding hydrogens is 359 g/mol. The molecule has 26 heavy (non-hydrogen) atoms. The summed E-state index contributed by atoms with van der Waals surface area (Å²) in [4.78, 5) is 46.1. The molecule has 0 aromatic rings. The van der Waals surface area contributed by atoms with E-state index in [4.69, 9.17) is 14.2 Å². The van der Waals surface area contributed by atoms with E-state index in [2.05, 4.69) is 0 Å². The minimum absolute atomic E-state index is 0.385. The van der Waals surface area contributed by atoms with E-state index in [1.165, 1.54) is 0 Å². The molecule has 2 heterocycles. The highest BCUT2D eigenvalue weighted by molar-refractivity contribution is 6.01. The molecule has 2 aliphatic rings. The number of carbonyl (C=O) groups is 4. The van der Waals surface area contributed by atoms with Crippen LogP contribution in [0.3, 0.4) is 0 Å². The first-order valence-corrected chi connectivity index (χ1v) is 7.61. The Labute approximate surface area is 147 Å². The third-order valence-electron chi connectivity index (χ3n) is 3.98. The van der Waals surface area contributed by atoms with Crippen LogP contribution in [0.25, 0.3) is 0 Å². The topological polar surface area (TPSA) is 152 Å². The molecule has 0 bridgehead atoms. The fourth-order valence-corrected chi connectivity index (χ4v) is 2.65. The Morgan fingerprint density at radius 3 is 2.46 bits per heavy atom. The number of aliphatic hydroxyl groups excluding tert-OH is 2. The molecule has 2 unspecified atom stereocenters. The van der Waals surface area contributed by atoms with Crippen LogP contribution >= 0.6 is 0 Å². The Bertz CT molecular complexity index is 626. The summed E-state index contributed by atoms with van der Waals surface area (Å²) in [5, 5.41) is 22.1. The molecule has 6 atom stereocenters. The molecule has 2 rings (SSSR count). The molecule has 3 N–H and O–H groups in total. The quantitative estimate of drug-likeness (QED) is 0.479. The first kappa shape index (κ1) is 20.0. The van der Waals surface area contributed by atoms with Gasteiger partial charge in [-0.05, 0) is 6.92 Å². The van der Waals surface area contributed by atoms with Gasteiger partial charge in [0, 0.05) is 13.8 Å². The minimum atomic E-state index is -2.87. The van der Waals surface area contributed by atoms with Crippen LogP contribution in [-0.4, -0.2) is 82.0 Å². The standard InChI is InChI=1S/C14H19FN2O9/c1-5(18)24-4-7-9(25-6(2)19)8(20)10(26-7)17-12(22)14(3,15)11(21)16-13(17)23/h7-10,12,20,22H,4H2,1-3H3,(H,16,21,23)/t7-,8-,9-,10-,12?,14?/m1/s1. The van der Waals surface area contributed by atoms with Crippen molar-refractivity contribution in [3.8, 4) is 0 Å². The molecule has 0 aromatic heterocycles. The van der Waals surface area contributed by atoms with Gasteiger partial charge in [-0.3, -0.25) is 24.6 Å². The summed E-state index contributed by atoms with van der Waals surface area (Å²) in [7, 11) is 0. The highest BCUT2D eigenvalue weighted by Crippen LogP contribution is 2.33. The van der Waals surface area contributed by atoms with E-state index in [0.29, 0.717) is 4.90 Å². The Morgan fingerprint density at radius 1 is 1.31 bits per heavy atom. The minimum Gasteiger partial charge on any atom is -0.463 e. The first-order valence-electron chi connectivity index (χ1n) is 7.61. The average Bonchev–Trinajstić information content (AvgIpc) is 2.80. The summed E-state index contributed by atoms with van der Waals surface area (Å²) in [5.74, 6) is -2.82. The molecular formula is C14H19FN2O9. The van der Waals surface area contributed by atoms with Gasteiger partial charge in [-0.15, -0.1) is 0 Å². The highest BCUT2D eigenvalue weighted by Gasteiger charge is 2.58. The predicted molar refractivity (Wildman–Crippen MR) is 77.8 cm³/mol. The maximum absolute atomic E-state index is 14.4. The fraction of sp³-hybridized carbons (Fsp3) is 0.714. The van der Waals surface area contributed by atoms with Crippen LogP contribution in [0.2, 0.25) is 0 Å². The number of nitrogens with one attached hydrogen (secondary N) is 1. The van der Waals surface area contributed by atoms with Gasteiger partial charge in [0.25, 0.3) is 5.91 Å². The summed E-state index contributed by atoms with van der Waals surface area (Å²) in [6, 6.07) is -1.21.